The molecular weight excluding hydrogens is 254 g/mol. The Morgan fingerprint density at radius 2 is 1.70 bits per heavy atom. The van der Waals surface area contributed by atoms with Gasteiger partial charge in [0.25, 0.3) is 0 Å². The van der Waals surface area contributed by atoms with Gasteiger partial charge < -0.3 is 10.4 Å². The molecule has 0 saturated heterocycles. The van der Waals surface area contributed by atoms with E-state index in [9.17, 15) is 14.7 Å². The van der Waals surface area contributed by atoms with E-state index in [2.05, 4.69) is 26.1 Å². The monoisotopic (exact) mass is 283 g/mol. The number of carbonyl (C=O) groups excluding carboxylic acids is 1. The summed E-state index contributed by atoms with van der Waals surface area (Å²) in [7, 11) is 0. The third-order valence-electron chi connectivity index (χ3n) is 4.54. The molecule has 0 spiro atoms. The first-order valence-electron chi connectivity index (χ1n) is 8.00. The number of aliphatic carboxylic acids is 1. The highest BCUT2D eigenvalue weighted by molar-refractivity contribution is 5.88. The van der Waals surface area contributed by atoms with Crippen molar-refractivity contribution in [1.29, 1.82) is 0 Å². The minimum atomic E-state index is -1.02. The molecule has 0 atom stereocenters. The van der Waals surface area contributed by atoms with Crippen LogP contribution in [0.1, 0.15) is 72.1 Å². The van der Waals surface area contributed by atoms with Crippen LogP contribution < -0.4 is 5.32 Å². The van der Waals surface area contributed by atoms with Gasteiger partial charge in [0.05, 0.1) is 0 Å². The second kappa shape index (κ2) is 7.65. The highest BCUT2D eigenvalue weighted by Crippen LogP contribution is 2.32. The smallest absolute Gasteiger partial charge is 0.329 e. The van der Waals surface area contributed by atoms with Crippen LogP contribution in [0.25, 0.3) is 0 Å². The summed E-state index contributed by atoms with van der Waals surface area (Å²) in [6, 6.07) is 0. The Labute approximate surface area is 122 Å². The van der Waals surface area contributed by atoms with Gasteiger partial charge >= 0.3 is 5.97 Å². The molecule has 0 aromatic carbocycles. The van der Waals surface area contributed by atoms with Crippen LogP contribution in [0.2, 0.25) is 0 Å². The number of carbonyl (C=O) groups is 2. The highest BCUT2D eigenvalue weighted by atomic mass is 16.4. The molecule has 116 valence electrons. The van der Waals surface area contributed by atoms with Crippen LogP contribution in [0.3, 0.4) is 0 Å². The Morgan fingerprint density at radius 1 is 1.20 bits per heavy atom. The zero-order chi connectivity index (χ0) is 15.2. The second-order valence-corrected chi connectivity index (χ2v) is 6.33. The van der Waals surface area contributed by atoms with Crippen molar-refractivity contribution >= 4 is 11.9 Å². The largest absolute Gasteiger partial charge is 0.480 e. The minimum Gasteiger partial charge on any atom is -0.480 e. The third kappa shape index (κ3) is 4.22. The van der Waals surface area contributed by atoms with Gasteiger partial charge in [-0.05, 0) is 44.4 Å². The van der Waals surface area contributed by atoms with Crippen LogP contribution in [0.15, 0.2) is 0 Å². The second-order valence-electron chi connectivity index (χ2n) is 6.33. The van der Waals surface area contributed by atoms with Gasteiger partial charge in [-0.25, -0.2) is 4.79 Å². The van der Waals surface area contributed by atoms with Gasteiger partial charge in [-0.1, -0.05) is 33.6 Å². The van der Waals surface area contributed by atoms with Crippen LogP contribution in [-0.4, -0.2) is 22.5 Å². The molecule has 2 N–H and O–H groups in total. The predicted molar refractivity (Wildman–Crippen MR) is 79.4 cm³/mol. The van der Waals surface area contributed by atoms with Gasteiger partial charge in [0.2, 0.25) is 5.91 Å². The summed E-state index contributed by atoms with van der Waals surface area (Å²) in [5.41, 5.74) is -1.02. The van der Waals surface area contributed by atoms with E-state index in [1.54, 1.807) is 0 Å². The highest BCUT2D eigenvalue weighted by Gasteiger charge is 2.43. The molecule has 4 heteroatoms. The Kier molecular flexibility index (Phi) is 6.50. The fourth-order valence-electron chi connectivity index (χ4n) is 3.09. The molecule has 0 heterocycles. The standard InChI is InChI=1S/C16H29NO3/c1-4-6-13(7-5-2)14(18)17-16(15(19)20)10-8-12(3)9-11-16/h12-13H,4-11H2,1-3H3,(H,17,18)(H,19,20). The molecular formula is C16H29NO3. The number of amides is 1. The van der Waals surface area contributed by atoms with Crippen LogP contribution in [-0.2, 0) is 9.59 Å². The average molecular weight is 283 g/mol. The van der Waals surface area contributed by atoms with Gasteiger partial charge in [-0.3, -0.25) is 4.79 Å². The number of hydrogen-bond acceptors (Lipinski definition) is 2. The first kappa shape index (κ1) is 17.0. The van der Waals surface area contributed by atoms with E-state index in [0.717, 1.165) is 38.5 Å². The minimum absolute atomic E-state index is 0.0411. The molecule has 0 bridgehead atoms. The molecule has 1 fully saturated rings. The normalized spacial score (nSPS) is 26.5. The Hall–Kier alpha value is -1.06. The molecule has 1 amide bonds. The van der Waals surface area contributed by atoms with E-state index in [1.807, 2.05) is 0 Å². The van der Waals surface area contributed by atoms with Crippen LogP contribution in [0, 0.1) is 11.8 Å². The summed E-state index contributed by atoms with van der Waals surface area (Å²) in [6.45, 7) is 6.26. The first-order valence-corrected chi connectivity index (χ1v) is 8.00. The van der Waals surface area contributed by atoms with Gasteiger partial charge in [-0.2, -0.15) is 0 Å². The van der Waals surface area contributed by atoms with Gasteiger partial charge in [0.1, 0.15) is 5.54 Å². The third-order valence-corrected chi connectivity index (χ3v) is 4.54. The molecule has 1 aliphatic rings. The molecule has 0 aromatic rings. The maximum absolute atomic E-state index is 12.4. The first-order chi connectivity index (χ1) is 9.45. The number of nitrogens with one attached hydrogen (secondary N) is 1. The summed E-state index contributed by atoms with van der Waals surface area (Å²) in [5.74, 6) is -0.419. The molecule has 4 nitrogen and oxygen atoms in total. The summed E-state index contributed by atoms with van der Waals surface area (Å²) in [5, 5.41) is 12.4. The van der Waals surface area contributed by atoms with Crippen molar-refractivity contribution in [3.63, 3.8) is 0 Å². The van der Waals surface area contributed by atoms with Crippen LogP contribution >= 0.6 is 0 Å². The quantitative estimate of drug-likeness (QED) is 0.753. The van der Waals surface area contributed by atoms with Crippen LogP contribution in [0.5, 0.6) is 0 Å². The molecule has 0 aliphatic heterocycles. The van der Waals surface area contributed by atoms with Crippen molar-refractivity contribution in [2.75, 3.05) is 0 Å². The summed E-state index contributed by atoms with van der Waals surface area (Å²) in [4.78, 5) is 24.1. The van der Waals surface area contributed by atoms with Crippen molar-refractivity contribution < 1.29 is 14.7 Å². The summed E-state index contributed by atoms with van der Waals surface area (Å²) in [6.07, 6.45) is 6.44. The Balaban J connectivity index is 2.74. The van der Waals surface area contributed by atoms with E-state index < -0.39 is 11.5 Å². The maximum atomic E-state index is 12.4. The Morgan fingerprint density at radius 3 is 2.10 bits per heavy atom. The molecule has 1 saturated carbocycles. The van der Waals surface area contributed by atoms with Crippen LogP contribution in [0.4, 0.5) is 0 Å². The Bertz CT molecular complexity index is 327. The van der Waals surface area contributed by atoms with Crippen molar-refractivity contribution in [2.24, 2.45) is 11.8 Å². The van der Waals surface area contributed by atoms with E-state index in [-0.39, 0.29) is 11.8 Å². The van der Waals surface area contributed by atoms with E-state index in [4.69, 9.17) is 0 Å². The van der Waals surface area contributed by atoms with Gasteiger partial charge in [-0.15, -0.1) is 0 Å². The predicted octanol–water partition coefficient (Wildman–Crippen LogP) is 3.35. The lowest BCUT2D eigenvalue weighted by atomic mass is 9.76. The molecule has 20 heavy (non-hydrogen) atoms. The van der Waals surface area contributed by atoms with Crippen molar-refractivity contribution in [3.8, 4) is 0 Å². The SMILES string of the molecule is CCCC(CCC)C(=O)NC1(C(=O)O)CCC(C)CC1. The lowest BCUT2D eigenvalue weighted by Crippen LogP contribution is -2.57. The number of rotatable bonds is 7. The van der Waals surface area contributed by atoms with Crippen molar-refractivity contribution in [2.45, 2.75) is 77.7 Å². The molecule has 0 aromatic heterocycles. The van der Waals surface area contributed by atoms with Crippen molar-refractivity contribution in [1.82, 2.24) is 5.32 Å². The zero-order valence-corrected chi connectivity index (χ0v) is 13.1. The average Bonchev–Trinajstić information content (AvgIpc) is 2.41. The topological polar surface area (TPSA) is 66.4 Å². The van der Waals surface area contributed by atoms with E-state index >= 15 is 0 Å². The number of hydrogen-bond donors (Lipinski definition) is 2. The number of carboxylic acids is 1. The van der Waals surface area contributed by atoms with E-state index in [0.29, 0.717) is 18.8 Å². The fourth-order valence-corrected chi connectivity index (χ4v) is 3.09. The lowest BCUT2D eigenvalue weighted by Gasteiger charge is -2.37. The zero-order valence-electron chi connectivity index (χ0n) is 13.1. The van der Waals surface area contributed by atoms with Gasteiger partial charge in [0, 0.05) is 5.92 Å². The molecule has 0 radical (unpaired) electrons. The fraction of sp³-hybridized carbons (Fsp3) is 0.875. The maximum Gasteiger partial charge on any atom is 0.329 e. The lowest BCUT2D eigenvalue weighted by molar-refractivity contribution is -0.150. The summed E-state index contributed by atoms with van der Waals surface area (Å²) < 4.78 is 0. The molecule has 0 unspecified atom stereocenters. The van der Waals surface area contributed by atoms with Gasteiger partial charge in [0.15, 0.2) is 0 Å². The van der Waals surface area contributed by atoms with Crippen molar-refractivity contribution in [3.05, 3.63) is 0 Å². The number of carboxylic acid groups (broad SMARTS) is 1. The molecule has 1 rings (SSSR count). The summed E-state index contributed by atoms with van der Waals surface area (Å²) >= 11 is 0. The molecule has 1 aliphatic carbocycles. The van der Waals surface area contributed by atoms with E-state index in [1.165, 1.54) is 0 Å².